The summed E-state index contributed by atoms with van der Waals surface area (Å²) in [5.41, 5.74) is 6.76. The lowest BCUT2D eigenvalue weighted by Gasteiger charge is -2.41. The van der Waals surface area contributed by atoms with Gasteiger partial charge in [0.15, 0.2) is 17.7 Å². The second-order valence-electron chi connectivity index (χ2n) is 15.2. The van der Waals surface area contributed by atoms with Crippen LogP contribution >= 0.6 is 0 Å². The lowest BCUT2D eigenvalue weighted by molar-refractivity contribution is -0.171. The number of ether oxygens (including phenoxy) is 3. The summed E-state index contributed by atoms with van der Waals surface area (Å²) >= 11 is 0. The number of esters is 1. The standard InChI is InChI=1S/C39H50F2N2O4/c1-23(2)45-37(44)36(47-38(5,6)7)34-25(4)42-24(3)33(35(34)43-18-16-39(8,9)17-19-43)28-12-15-32-27(22-28)11-13-29(46-32)20-26-10-14-30(40)31(41)21-26/h10,12,14-15,21-23,29,36H,11,13,16-20H2,1-9H3/t29-,36+/m1/s1. The number of piperidine rings is 1. The van der Waals surface area contributed by atoms with Gasteiger partial charge in [-0.25, -0.2) is 13.6 Å². The van der Waals surface area contributed by atoms with Crippen LogP contribution in [0.25, 0.3) is 11.1 Å². The van der Waals surface area contributed by atoms with E-state index in [2.05, 4.69) is 30.9 Å². The molecule has 5 rings (SSSR count). The number of aromatic nitrogens is 1. The van der Waals surface area contributed by atoms with Crippen molar-refractivity contribution >= 4 is 11.7 Å². The molecule has 1 aromatic heterocycles. The lowest BCUT2D eigenvalue weighted by atomic mass is 9.81. The highest BCUT2D eigenvalue weighted by molar-refractivity contribution is 5.89. The van der Waals surface area contributed by atoms with E-state index in [1.54, 1.807) is 6.07 Å². The highest BCUT2D eigenvalue weighted by atomic mass is 19.2. The van der Waals surface area contributed by atoms with Gasteiger partial charge in [-0.2, -0.15) is 0 Å². The Hall–Kier alpha value is -3.52. The van der Waals surface area contributed by atoms with Crippen LogP contribution in [0.4, 0.5) is 14.5 Å². The number of halogens is 2. The number of fused-ring (bicyclic) bond motifs is 1. The Morgan fingerprint density at radius 1 is 1.04 bits per heavy atom. The summed E-state index contributed by atoms with van der Waals surface area (Å²) in [5, 5.41) is 0. The molecule has 2 aromatic carbocycles. The van der Waals surface area contributed by atoms with Crippen LogP contribution in [0.2, 0.25) is 0 Å². The molecule has 3 heterocycles. The van der Waals surface area contributed by atoms with Crippen molar-refractivity contribution < 1.29 is 27.8 Å². The van der Waals surface area contributed by atoms with Gasteiger partial charge in [0.2, 0.25) is 0 Å². The molecule has 2 atom stereocenters. The van der Waals surface area contributed by atoms with Gasteiger partial charge in [-0.1, -0.05) is 26.0 Å². The second-order valence-corrected chi connectivity index (χ2v) is 15.2. The predicted molar refractivity (Wildman–Crippen MR) is 182 cm³/mol. The Labute approximate surface area is 278 Å². The summed E-state index contributed by atoms with van der Waals surface area (Å²) in [6.45, 7) is 19.9. The highest BCUT2D eigenvalue weighted by Crippen LogP contribution is 2.46. The molecule has 0 radical (unpaired) electrons. The monoisotopic (exact) mass is 648 g/mol. The molecule has 0 aliphatic carbocycles. The van der Waals surface area contributed by atoms with Gasteiger partial charge in [0.05, 0.1) is 17.4 Å². The number of hydrogen-bond acceptors (Lipinski definition) is 6. The van der Waals surface area contributed by atoms with Gasteiger partial charge in [-0.3, -0.25) is 4.98 Å². The molecule has 3 aromatic rings. The third-order valence-corrected chi connectivity index (χ3v) is 9.14. The number of carbonyl (C=O) groups excluding carboxylic acids is 1. The first kappa shape index (κ1) is 34.8. The average Bonchev–Trinajstić information content (AvgIpc) is 2.97. The minimum atomic E-state index is -0.952. The maximum Gasteiger partial charge on any atom is 0.340 e. The van der Waals surface area contributed by atoms with E-state index in [1.165, 1.54) is 12.1 Å². The van der Waals surface area contributed by atoms with E-state index in [9.17, 15) is 13.6 Å². The molecular weight excluding hydrogens is 598 g/mol. The lowest BCUT2D eigenvalue weighted by Crippen LogP contribution is -2.39. The smallest absolute Gasteiger partial charge is 0.340 e. The fourth-order valence-corrected chi connectivity index (χ4v) is 6.71. The third kappa shape index (κ3) is 8.14. The zero-order valence-electron chi connectivity index (χ0n) is 29.4. The quantitative estimate of drug-likeness (QED) is 0.227. The largest absolute Gasteiger partial charge is 0.490 e. The summed E-state index contributed by atoms with van der Waals surface area (Å²) in [5.74, 6) is -1.31. The molecule has 0 saturated carbocycles. The van der Waals surface area contributed by atoms with E-state index in [0.717, 1.165) is 83.9 Å². The van der Waals surface area contributed by atoms with Crippen LogP contribution < -0.4 is 9.64 Å². The minimum absolute atomic E-state index is 0.137. The molecule has 2 aliphatic heterocycles. The minimum Gasteiger partial charge on any atom is -0.490 e. The summed E-state index contributed by atoms with van der Waals surface area (Å²) in [4.78, 5) is 21.2. The van der Waals surface area contributed by atoms with E-state index >= 15 is 0 Å². The first-order valence-electron chi connectivity index (χ1n) is 16.9. The first-order chi connectivity index (χ1) is 22.0. The van der Waals surface area contributed by atoms with Crippen LogP contribution in [0.1, 0.15) is 102 Å². The highest BCUT2D eigenvalue weighted by Gasteiger charge is 2.38. The number of pyridine rings is 1. The van der Waals surface area contributed by atoms with Crippen LogP contribution in [0, 0.1) is 30.9 Å². The van der Waals surface area contributed by atoms with Gasteiger partial charge < -0.3 is 19.1 Å². The van der Waals surface area contributed by atoms with Crippen molar-refractivity contribution in [3.8, 4) is 16.9 Å². The van der Waals surface area contributed by atoms with E-state index in [0.29, 0.717) is 12.0 Å². The summed E-state index contributed by atoms with van der Waals surface area (Å²) < 4.78 is 46.0. The van der Waals surface area contributed by atoms with Gasteiger partial charge in [-0.05, 0) is 121 Å². The third-order valence-electron chi connectivity index (χ3n) is 9.14. The number of carbonyl (C=O) groups is 1. The van der Waals surface area contributed by atoms with Crippen molar-refractivity contribution in [1.82, 2.24) is 4.98 Å². The molecule has 47 heavy (non-hydrogen) atoms. The first-order valence-corrected chi connectivity index (χ1v) is 16.9. The summed E-state index contributed by atoms with van der Waals surface area (Å²) in [6, 6.07) is 10.3. The van der Waals surface area contributed by atoms with Gasteiger partial charge in [0.1, 0.15) is 11.9 Å². The average molecular weight is 649 g/mol. The molecule has 0 N–H and O–H groups in total. The molecular formula is C39H50F2N2O4. The normalized spacial score (nSPS) is 18.5. The van der Waals surface area contributed by atoms with E-state index < -0.39 is 29.3 Å². The maximum absolute atomic E-state index is 13.8. The van der Waals surface area contributed by atoms with Gasteiger partial charge in [0.25, 0.3) is 0 Å². The second kappa shape index (κ2) is 13.5. The van der Waals surface area contributed by atoms with Crippen LogP contribution in [0.3, 0.4) is 0 Å². The molecule has 0 unspecified atom stereocenters. The topological polar surface area (TPSA) is 60.9 Å². The zero-order chi connectivity index (χ0) is 34.3. The van der Waals surface area contributed by atoms with Crippen LogP contribution in [-0.2, 0) is 27.1 Å². The SMILES string of the molecule is Cc1nc(C)c([C@H](OC(C)(C)C)C(=O)OC(C)C)c(N2CCC(C)(C)CC2)c1-c1ccc2c(c1)CC[C@H](Cc1ccc(F)c(F)c1)O2. The molecule has 8 heteroatoms. The number of aryl methyl sites for hydroxylation is 3. The molecule has 0 bridgehead atoms. The molecule has 0 spiro atoms. The van der Waals surface area contributed by atoms with Crippen molar-refractivity contribution in [1.29, 1.82) is 0 Å². The molecule has 2 aliphatic rings. The predicted octanol–water partition coefficient (Wildman–Crippen LogP) is 9.01. The molecule has 0 amide bonds. The van der Waals surface area contributed by atoms with E-state index in [4.69, 9.17) is 19.2 Å². The van der Waals surface area contributed by atoms with Crippen molar-refractivity contribution in [2.45, 2.75) is 118 Å². The summed E-state index contributed by atoms with van der Waals surface area (Å²) in [6.07, 6.45) is 2.69. The number of nitrogens with zero attached hydrogens (tertiary/aromatic N) is 2. The fourth-order valence-electron chi connectivity index (χ4n) is 6.71. The zero-order valence-corrected chi connectivity index (χ0v) is 29.4. The van der Waals surface area contributed by atoms with E-state index in [1.807, 2.05) is 54.5 Å². The fraction of sp³-hybridized carbons (Fsp3) is 0.538. The molecule has 1 fully saturated rings. The number of hydrogen-bond donors (Lipinski definition) is 0. The Bertz CT molecular complexity index is 1620. The molecule has 254 valence electrons. The Morgan fingerprint density at radius 2 is 1.74 bits per heavy atom. The number of anilines is 1. The van der Waals surface area contributed by atoms with Crippen LogP contribution in [-0.4, -0.2) is 41.9 Å². The number of rotatable bonds is 8. The van der Waals surface area contributed by atoms with Crippen LogP contribution in [0.15, 0.2) is 36.4 Å². The number of benzene rings is 2. The van der Waals surface area contributed by atoms with Gasteiger partial charge in [-0.15, -0.1) is 0 Å². The van der Waals surface area contributed by atoms with Crippen molar-refractivity contribution in [2.24, 2.45) is 5.41 Å². The molecule has 6 nitrogen and oxygen atoms in total. The Balaban J connectivity index is 1.58. The van der Waals surface area contributed by atoms with Crippen molar-refractivity contribution in [3.63, 3.8) is 0 Å². The molecule has 1 saturated heterocycles. The van der Waals surface area contributed by atoms with Crippen LogP contribution in [0.5, 0.6) is 5.75 Å². The maximum atomic E-state index is 13.8. The van der Waals surface area contributed by atoms with Crippen molar-refractivity contribution in [3.05, 3.63) is 76.1 Å². The van der Waals surface area contributed by atoms with Gasteiger partial charge in [0, 0.05) is 42.0 Å². The Kier molecular flexibility index (Phi) is 10.0. The Morgan fingerprint density at radius 3 is 2.38 bits per heavy atom. The van der Waals surface area contributed by atoms with Crippen molar-refractivity contribution in [2.75, 3.05) is 18.0 Å². The van der Waals surface area contributed by atoms with Gasteiger partial charge >= 0.3 is 5.97 Å². The summed E-state index contributed by atoms with van der Waals surface area (Å²) in [7, 11) is 0. The van der Waals surface area contributed by atoms with E-state index in [-0.39, 0.29) is 17.6 Å².